The van der Waals surface area contributed by atoms with Crippen molar-refractivity contribution in [2.24, 2.45) is 0 Å². The number of carbonyl (C=O) groups is 1. The summed E-state index contributed by atoms with van der Waals surface area (Å²) in [7, 11) is 0. The Hall–Kier alpha value is -3.28. The van der Waals surface area contributed by atoms with Gasteiger partial charge in [-0.1, -0.05) is 91.0 Å². The number of rotatable bonds is 5. The Labute approximate surface area is 195 Å². The Kier molecular flexibility index (Phi) is 7.43. The predicted molar refractivity (Wildman–Crippen MR) is 134 cm³/mol. The molecule has 0 atom stereocenters. The number of nitrogens with zero attached hydrogens (tertiary/aromatic N) is 2. The minimum Gasteiger partial charge on any atom is -0.346 e. The molecule has 162 valence electrons. The first-order valence-corrected chi connectivity index (χ1v) is 11.3. The summed E-state index contributed by atoms with van der Waals surface area (Å²) < 4.78 is 0. The molecule has 4 nitrogen and oxygen atoms in total. The zero-order valence-electron chi connectivity index (χ0n) is 17.9. The maximum atomic E-state index is 12.3. The van der Waals surface area contributed by atoms with E-state index in [2.05, 4.69) is 75.8 Å². The number of benzene rings is 3. The molecule has 3 aromatic rings. The Bertz CT molecular complexity index is 1010. The fraction of sp³-hybridized carbons (Fsp3) is 0.185. The summed E-state index contributed by atoms with van der Waals surface area (Å²) in [6.45, 7) is 3.28. The first-order valence-electron chi connectivity index (χ1n) is 10.9. The molecule has 0 aliphatic carbocycles. The third-order valence-corrected chi connectivity index (χ3v) is 6.01. The van der Waals surface area contributed by atoms with Crippen molar-refractivity contribution >= 4 is 29.3 Å². The minimum atomic E-state index is -0.201. The number of thiocarbonyl (C=S) groups is 1. The van der Waals surface area contributed by atoms with Gasteiger partial charge in [0.05, 0.1) is 6.04 Å². The van der Waals surface area contributed by atoms with Crippen LogP contribution in [-0.4, -0.2) is 47.0 Å². The number of nitrogens with one attached hydrogen (secondary N) is 1. The van der Waals surface area contributed by atoms with E-state index in [9.17, 15) is 4.79 Å². The van der Waals surface area contributed by atoms with Gasteiger partial charge in [0.2, 0.25) is 5.91 Å². The van der Waals surface area contributed by atoms with Gasteiger partial charge >= 0.3 is 0 Å². The van der Waals surface area contributed by atoms with E-state index in [0.717, 1.165) is 31.7 Å². The second-order valence-corrected chi connectivity index (χ2v) is 8.17. The van der Waals surface area contributed by atoms with Crippen molar-refractivity contribution in [1.82, 2.24) is 15.1 Å². The Morgan fingerprint density at radius 2 is 1.28 bits per heavy atom. The maximum absolute atomic E-state index is 12.3. The van der Waals surface area contributed by atoms with E-state index in [1.807, 2.05) is 30.3 Å². The van der Waals surface area contributed by atoms with Crippen LogP contribution in [0.4, 0.5) is 0 Å². The van der Waals surface area contributed by atoms with Gasteiger partial charge in [-0.3, -0.25) is 15.0 Å². The number of amides is 1. The van der Waals surface area contributed by atoms with E-state index in [1.165, 1.54) is 17.2 Å². The van der Waals surface area contributed by atoms with Gasteiger partial charge in [0.15, 0.2) is 5.11 Å². The summed E-state index contributed by atoms with van der Waals surface area (Å²) in [5, 5.41) is 3.33. The van der Waals surface area contributed by atoms with E-state index >= 15 is 0 Å². The average molecular weight is 442 g/mol. The van der Waals surface area contributed by atoms with Crippen molar-refractivity contribution in [2.45, 2.75) is 6.04 Å². The van der Waals surface area contributed by atoms with Crippen molar-refractivity contribution in [1.29, 1.82) is 0 Å². The van der Waals surface area contributed by atoms with Gasteiger partial charge < -0.3 is 4.90 Å². The lowest BCUT2D eigenvalue weighted by Gasteiger charge is -2.40. The fourth-order valence-electron chi connectivity index (χ4n) is 4.03. The monoisotopic (exact) mass is 441 g/mol. The molecule has 3 aromatic carbocycles. The molecule has 1 amide bonds. The zero-order valence-corrected chi connectivity index (χ0v) is 18.7. The van der Waals surface area contributed by atoms with Crippen LogP contribution >= 0.6 is 12.2 Å². The zero-order chi connectivity index (χ0) is 22.2. The van der Waals surface area contributed by atoms with Crippen molar-refractivity contribution in [3.8, 4) is 0 Å². The fourth-order valence-corrected chi connectivity index (χ4v) is 4.31. The smallest absolute Gasteiger partial charge is 0.250 e. The summed E-state index contributed by atoms with van der Waals surface area (Å²) in [5.41, 5.74) is 3.55. The van der Waals surface area contributed by atoms with Gasteiger partial charge in [-0.25, -0.2) is 0 Å². The quantitative estimate of drug-likeness (QED) is 0.467. The van der Waals surface area contributed by atoms with Gasteiger partial charge in [-0.15, -0.1) is 0 Å². The Balaban J connectivity index is 1.36. The third-order valence-electron chi connectivity index (χ3n) is 5.65. The molecule has 1 aliphatic heterocycles. The molecule has 0 saturated carbocycles. The highest BCUT2D eigenvalue weighted by Gasteiger charge is 2.27. The lowest BCUT2D eigenvalue weighted by molar-refractivity contribution is -0.115. The lowest BCUT2D eigenvalue weighted by Crippen LogP contribution is -2.53. The van der Waals surface area contributed by atoms with Gasteiger partial charge in [-0.2, -0.15) is 0 Å². The van der Waals surface area contributed by atoms with Crippen molar-refractivity contribution in [3.63, 3.8) is 0 Å². The molecule has 0 unspecified atom stereocenters. The van der Waals surface area contributed by atoms with Crippen molar-refractivity contribution in [3.05, 3.63) is 114 Å². The van der Waals surface area contributed by atoms with Crippen LogP contribution in [0.3, 0.4) is 0 Å². The van der Waals surface area contributed by atoms with Crippen LogP contribution in [0.5, 0.6) is 0 Å². The second-order valence-electron chi connectivity index (χ2n) is 7.79. The van der Waals surface area contributed by atoms with Crippen LogP contribution in [0.1, 0.15) is 22.7 Å². The topological polar surface area (TPSA) is 35.6 Å². The van der Waals surface area contributed by atoms with Gasteiger partial charge in [0.1, 0.15) is 0 Å². The molecule has 0 bridgehead atoms. The van der Waals surface area contributed by atoms with Crippen molar-refractivity contribution < 1.29 is 4.79 Å². The Morgan fingerprint density at radius 3 is 1.81 bits per heavy atom. The summed E-state index contributed by atoms with van der Waals surface area (Å²) in [6, 6.07) is 31.2. The van der Waals surface area contributed by atoms with Crippen LogP contribution in [0.15, 0.2) is 97.1 Å². The standard InChI is InChI=1S/C27H27N3OS/c31-25(17-16-22-10-4-1-5-11-22)28-27(32)30-20-18-29(19-21-30)26(23-12-6-2-7-13-23)24-14-8-3-9-15-24/h1-17,26H,18-21H2,(H,28,31,32)/b17-16+. The predicted octanol–water partition coefficient (Wildman–Crippen LogP) is 4.51. The highest BCUT2D eigenvalue weighted by molar-refractivity contribution is 7.80. The van der Waals surface area contributed by atoms with Gasteiger partial charge in [0, 0.05) is 32.3 Å². The minimum absolute atomic E-state index is 0.201. The van der Waals surface area contributed by atoms with Crippen LogP contribution in [0.25, 0.3) is 6.08 Å². The van der Waals surface area contributed by atoms with E-state index in [-0.39, 0.29) is 11.9 Å². The normalized spacial score (nSPS) is 14.6. The first kappa shape index (κ1) is 21.9. The Morgan fingerprint density at radius 1 is 0.781 bits per heavy atom. The summed E-state index contributed by atoms with van der Waals surface area (Å²) in [6.07, 6.45) is 3.32. The summed E-state index contributed by atoms with van der Waals surface area (Å²) in [5.74, 6) is -0.201. The molecule has 0 aromatic heterocycles. The molecule has 0 radical (unpaired) electrons. The molecule has 1 saturated heterocycles. The van der Waals surface area contributed by atoms with Crippen LogP contribution in [0, 0.1) is 0 Å². The number of hydrogen-bond acceptors (Lipinski definition) is 3. The highest BCUT2D eigenvalue weighted by atomic mass is 32.1. The largest absolute Gasteiger partial charge is 0.346 e. The molecule has 5 heteroatoms. The second kappa shape index (κ2) is 10.8. The lowest BCUT2D eigenvalue weighted by atomic mass is 9.96. The van der Waals surface area contributed by atoms with Crippen molar-refractivity contribution in [2.75, 3.05) is 26.2 Å². The van der Waals surface area contributed by atoms with E-state index < -0.39 is 0 Å². The SMILES string of the molecule is O=C(/C=C/c1ccccc1)NC(=S)N1CCN(C(c2ccccc2)c2ccccc2)CC1. The number of hydrogen-bond donors (Lipinski definition) is 1. The molecule has 0 spiro atoms. The average Bonchev–Trinajstić information content (AvgIpc) is 2.85. The molecule has 1 aliphatic rings. The van der Waals surface area contributed by atoms with Gasteiger partial charge in [0.25, 0.3) is 0 Å². The highest BCUT2D eigenvalue weighted by Crippen LogP contribution is 2.29. The summed E-state index contributed by atoms with van der Waals surface area (Å²) >= 11 is 5.51. The first-order chi connectivity index (χ1) is 15.7. The third kappa shape index (κ3) is 5.69. The molecule has 1 fully saturated rings. The molecular formula is C27H27N3OS. The molecule has 1 N–H and O–H groups in total. The van der Waals surface area contributed by atoms with E-state index in [1.54, 1.807) is 6.08 Å². The number of carbonyl (C=O) groups excluding carboxylic acids is 1. The van der Waals surface area contributed by atoms with Crippen LogP contribution in [-0.2, 0) is 4.79 Å². The molecule has 4 rings (SSSR count). The van der Waals surface area contributed by atoms with E-state index in [4.69, 9.17) is 12.2 Å². The van der Waals surface area contributed by atoms with Gasteiger partial charge in [-0.05, 0) is 35.0 Å². The van der Waals surface area contributed by atoms with E-state index in [0.29, 0.717) is 5.11 Å². The molecular weight excluding hydrogens is 414 g/mol. The maximum Gasteiger partial charge on any atom is 0.250 e. The van der Waals surface area contributed by atoms with Crippen LogP contribution in [0.2, 0.25) is 0 Å². The number of piperazine rings is 1. The van der Waals surface area contributed by atoms with Crippen LogP contribution < -0.4 is 5.32 Å². The summed E-state index contributed by atoms with van der Waals surface area (Å²) in [4.78, 5) is 16.9. The molecule has 1 heterocycles. The molecule has 32 heavy (non-hydrogen) atoms.